The van der Waals surface area contributed by atoms with Gasteiger partial charge in [0, 0.05) is 11.7 Å². The second-order valence-corrected chi connectivity index (χ2v) is 6.34. The van der Waals surface area contributed by atoms with Gasteiger partial charge in [-0.25, -0.2) is 4.79 Å². The van der Waals surface area contributed by atoms with Crippen LogP contribution in [0.4, 0.5) is 0 Å². The molecular formula is C13H12O3S. The minimum absolute atomic E-state index is 0.236. The van der Waals surface area contributed by atoms with Crippen LogP contribution in [-0.4, -0.2) is 22.3 Å². The molecule has 17 heavy (non-hydrogen) atoms. The molecule has 1 spiro atoms. The largest absolute Gasteiger partial charge is 0.450 e. The predicted molar refractivity (Wildman–Crippen MR) is 64.2 cm³/mol. The Morgan fingerprint density at radius 3 is 2.88 bits per heavy atom. The molecule has 3 heterocycles. The van der Waals surface area contributed by atoms with Gasteiger partial charge in [0.1, 0.15) is 11.3 Å². The molecule has 3 aliphatic rings. The van der Waals surface area contributed by atoms with Crippen LogP contribution in [0.1, 0.15) is 29.6 Å². The summed E-state index contributed by atoms with van der Waals surface area (Å²) in [6, 6.07) is 7.33. The number of fused-ring (bicyclic) bond motifs is 4. The van der Waals surface area contributed by atoms with E-state index in [0.29, 0.717) is 21.8 Å². The monoisotopic (exact) mass is 248 g/mol. The molecule has 2 saturated heterocycles. The molecule has 0 N–H and O–H groups in total. The Labute approximate surface area is 103 Å². The summed E-state index contributed by atoms with van der Waals surface area (Å²) >= 11 is 1.91. The van der Waals surface area contributed by atoms with Crippen LogP contribution in [0.3, 0.4) is 0 Å². The zero-order chi connectivity index (χ0) is 11.5. The fourth-order valence-corrected chi connectivity index (χ4v) is 4.72. The standard InChI is InChI=1S/C13H12O3S/c14-12-9-3-1-2-4-10(9)15-13(16-12)7-8-5-6-11(13)17-8/h1-4,8,11H,5-7H2. The number of esters is 1. The van der Waals surface area contributed by atoms with Gasteiger partial charge in [0.15, 0.2) is 0 Å². The molecular weight excluding hydrogens is 236 g/mol. The van der Waals surface area contributed by atoms with Gasteiger partial charge >= 0.3 is 5.97 Å². The van der Waals surface area contributed by atoms with Crippen LogP contribution in [0.5, 0.6) is 5.75 Å². The van der Waals surface area contributed by atoms with Crippen molar-refractivity contribution in [2.45, 2.75) is 35.5 Å². The van der Waals surface area contributed by atoms with Gasteiger partial charge in [-0.2, -0.15) is 0 Å². The predicted octanol–water partition coefficient (Wildman–Crippen LogP) is 2.60. The number of hydrogen-bond acceptors (Lipinski definition) is 4. The lowest BCUT2D eigenvalue weighted by atomic mass is 9.93. The van der Waals surface area contributed by atoms with E-state index >= 15 is 0 Å². The fraction of sp³-hybridized carbons (Fsp3) is 0.462. The van der Waals surface area contributed by atoms with Gasteiger partial charge < -0.3 is 9.47 Å². The molecule has 88 valence electrons. The summed E-state index contributed by atoms with van der Waals surface area (Å²) in [7, 11) is 0. The first kappa shape index (κ1) is 9.83. The van der Waals surface area contributed by atoms with E-state index in [1.54, 1.807) is 6.07 Å². The first-order chi connectivity index (χ1) is 8.27. The van der Waals surface area contributed by atoms with E-state index < -0.39 is 5.79 Å². The van der Waals surface area contributed by atoms with Crippen molar-refractivity contribution in [2.75, 3.05) is 0 Å². The number of carbonyl (C=O) groups is 1. The van der Waals surface area contributed by atoms with E-state index in [4.69, 9.17) is 9.47 Å². The molecule has 3 aliphatic heterocycles. The number of ether oxygens (including phenoxy) is 2. The van der Waals surface area contributed by atoms with E-state index in [9.17, 15) is 4.79 Å². The van der Waals surface area contributed by atoms with Crippen LogP contribution in [0.15, 0.2) is 24.3 Å². The van der Waals surface area contributed by atoms with E-state index in [-0.39, 0.29) is 5.97 Å². The molecule has 3 atom stereocenters. The average Bonchev–Trinajstić information content (AvgIpc) is 2.89. The van der Waals surface area contributed by atoms with E-state index in [0.717, 1.165) is 12.8 Å². The van der Waals surface area contributed by atoms with Crippen molar-refractivity contribution in [3.05, 3.63) is 29.8 Å². The summed E-state index contributed by atoms with van der Waals surface area (Å²) < 4.78 is 11.6. The first-order valence-corrected chi connectivity index (χ1v) is 6.88. The Morgan fingerprint density at radius 2 is 2.12 bits per heavy atom. The van der Waals surface area contributed by atoms with Gasteiger partial charge in [0.05, 0.1) is 5.25 Å². The number of thioether (sulfide) groups is 1. The zero-order valence-corrected chi connectivity index (χ0v) is 10.0. The molecule has 0 aliphatic carbocycles. The normalized spacial score (nSPS) is 37.8. The quantitative estimate of drug-likeness (QED) is 0.661. The highest BCUT2D eigenvalue weighted by molar-refractivity contribution is 8.01. The lowest BCUT2D eigenvalue weighted by Crippen LogP contribution is -2.51. The highest BCUT2D eigenvalue weighted by Crippen LogP contribution is 2.55. The third-order valence-corrected chi connectivity index (χ3v) is 5.48. The summed E-state index contributed by atoms with van der Waals surface area (Å²) in [5.41, 5.74) is 0.547. The smallest absolute Gasteiger partial charge is 0.345 e. The van der Waals surface area contributed by atoms with Crippen molar-refractivity contribution in [3.8, 4) is 5.75 Å². The van der Waals surface area contributed by atoms with Crippen molar-refractivity contribution >= 4 is 17.7 Å². The molecule has 0 radical (unpaired) electrons. The van der Waals surface area contributed by atoms with E-state index in [1.165, 1.54) is 6.42 Å². The van der Waals surface area contributed by atoms with Crippen molar-refractivity contribution in [3.63, 3.8) is 0 Å². The van der Waals surface area contributed by atoms with Crippen molar-refractivity contribution in [1.29, 1.82) is 0 Å². The number of rotatable bonds is 0. The van der Waals surface area contributed by atoms with Gasteiger partial charge in [-0.05, 0) is 25.0 Å². The van der Waals surface area contributed by atoms with Crippen LogP contribution < -0.4 is 4.74 Å². The minimum atomic E-state index is -0.682. The summed E-state index contributed by atoms with van der Waals surface area (Å²) in [4.78, 5) is 12.0. The van der Waals surface area contributed by atoms with Crippen LogP contribution in [0.2, 0.25) is 0 Å². The molecule has 2 bridgehead atoms. The number of benzene rings is 1. The maximum atomic E-state index is 12.0. The van der Waals surface area contributed by atoms with Gasteiger partial charge in [-0.3, -0.25) is 0 Å². The first-order valence-electron chi connectivity index (χ1n) is 5.94. The third kappa shape index (κ3) is 1.27. The van der Waals surface area contributed by atoms with Gasteiger partial charge in [-0.1, -0.05) is 12.1 Å². The Balaban J connectivity index is 1.77. The Hall–Kier alpha value is -1.16. The molecule has 1 aromatic carbocycles. The third-order valence-electron chi connectivity index (χ3n) is 3.77. The van der Waals surface area contributed by atoms with Gasteiger partial charge in [0.2, 0.25) is 0 Å². The SMILES string of the molecule is O=C1OC2(CC3CCC2S3)Oc2ccccc21. The van der Waals surface area contributed by atoms with Crippen molar-refractivity contribution in [2.24, 2.45) is 0 Å². The molecule has 2 fully saturated rings. The maximum absolute atomic E-state index is 12.0. The summed E-state index contributed by atoms with van der Waals surface area (Å²) in [5, 5.41) is 0.905. The molecule has 3 nitrogen and oxygen atoms in total. The maximum Gasteiger partial charge on any atom is 0.345 e. The topological polar surface area (TPSA) is 35.5 Å². The Morgan fingerprint density at radius 1 is 1.24 bits per heavy atom. The fourth-order valence-electron chi connectivity index (χ4n) is 2.99. The van der Waals surface area contributed by atoms with Crippen LogP contribution in [-0.2, 0) is 4.74 Å². The van der Waals surface area contributed by atoms with Crippen molar-refractivity contribution in [1.82, 2.24) is 0 Å². The summed E-state index contributed by atoms with van der Waals surface area (Å²) in [5.74, 6) is -0.240. The molecule has 4 rings (SSSR count). The molecule has 0 saturated carbocycles. The van der Waals surface area contributed by atoms with Gasteiger partial charge in [0.25, 0.3) is 5.79 Å². The van der Waals surface area contributed by atoms with Gasteiger partial charge in [-0.15, -0.1) is 11.8 Å². The molecule has 1 aromatic rings. The summed E-state index contributed by atoms with van der Waals surface area (Å²) in [6.07, 6.45) is 3.15. The highest BCUT2D eigenvalue weighted by atomic mass is 32.2. The minimum Gasteiger partial charge on any atom is -0.450 e. The molecule has 0 amide bonds. The lowest BCUT2D eigenvalue weighted by Gasteiger charge is -2.39. The van der Waals surface area contributed by atoms with Crippen LogP contribution in [0, 0.1) is 0 Å². The lowest BCUT2D eigenvalue weighted by molar-refractivity contribution is -0.160. The molecule has 4 heteroatoms. The Bertz CT molecular complexity index is 501. The zero-order valence-electron chi connectivity index (χ0n) is 9.22. The Kier molecular flexibility index (Phi) is 1.85. The van der Waals surface area contributed by atoms with E-state index in [1.807, 2.05) is 30.0 Å². The number of para-hydroxylation sites is 1. The summed E-state index contributed by atoms with van der Waals surface area (Å²) in [6.45, 7) is 0. The van der Waals surface area contributed by atoms with E-state index in [2.05, 4.69) is 0 Å². The van der Waals surface area contributed by atoms with Crippen molar-refractivity contribution < 1.29 is 14.3 Å². The number of hydrogen-bond donors (Lipinski definition) is 0. The van der Waals surface area contributed by atoms with Crippen LogP contribution in [0.25, 0.3) is 0 Å². The highest BCUT2D eigenvalue weighted by Gasteiger charge is 2.58. The number of carbonyl (C=O) groups excluding carboxylic acids is 1. The second-order valence-electron chi connectivity index (χ2n) is 4.83. The van der Waals surface area contributed by atoms with Crippen LogP contribution >= 0.6 is 11.8 Å². The molecule has 3 unspecified atom stereocenters. The second kappa shape index (κ2) is 3.19. The molecule has 0 aromatic heterocycles. The average molecular weight is 248 g/mol.